The second kappa shape index (κ2) is 3.12. The minimum Gasteiger partial charge on any atom is -0.369 e. The van der Waals surface area contributed by atoms with E-state index in [2.05, 4.69) is 14.5 Å². The minimum atomic E-state index is 0.554. The molecule has 1 fully saturated rings. The van der Waals surface area contributed by atoms with Crippen LogP contribution in [0.5, 0.6) is 0 Å². The normalized spacial score (nSPS) is 15.7. The van der Waals surface area contributed by atoms with Gasteiger partial charge in [-0.3, -0.25) is 0 Å². The van der Waals surface area contributed by atoms with E-state index in [-0.39, 0.29) is 0 Å². The zero-order chi connectivity index (χ0) is 10.3. The lowest BCUT2D eigenvalue weighted by Gasteiger charge is -2.07. The van der Waals surface area contributed by atoms with Crippen LogP contribution in [0, 0.1) is 0 Å². The number of aromatic nitrogens is 4. The van der Waals surface area contributed by atoms with Crippen molar-refractivity contribution in [3.8, 4) is 0 Å². The van der Waals surface area contributed by atoms with E-state index >= 15 is 0 Å². The monoisotopic (exact) mass is 203 g/mol. The summed E-state index contributed by atoms with van der Waals surface area (Å²) >= 11 is 0. The first-order chi connectivity index (χ1) is 7.34. The molecule has 78 valence electrons. The van der Waals surface area contributed by atoms with Gasteiger partial charge in [-0.2, -0.15) is 0 Å². The highest BCUT2D eigenvalue weighted by Crippen LogP contribution is 2.35. The maximum absolute atomic E-state index is 5.72. The van der Waals surface area contributed by atoms with E-state index in [1.807, 2.05) is 23.3 Å². The molecule has 1 aliphatic carbocycles. The maximum Gasteiger partial charge on any atom is 0.200 e. The van der Waals surface area contributed by atoms with Crippen molar-refractivity contribution in [3.63, 3.8) is 0 Å². The number of anilines is 1. The van der Waals surface area contributed by atoms with Gasteiger partial charge in [0.1, 0.15) is 0 Å². The average Bonchev–Trinajstić information content (AvgIpc) is 2.85. The van der Waals surface area contributed by atoms with Gasteiger partial charge in [-0.1, -0.05) is 0 Å². The van der Waals surface area contributed by atoms with Crippen LogP contribution in [-0.2, 0) is 6.54 Å². The number of nitrogens with two attached hydrogens (primary N) is 1. The fraction of sp³-hybridized carbons (Fsp3) is 0.400. The molecule has 0 bridgehead atoms. The van der Waals surface area contributed by atoms with Crippen molar-refractivity contribution in [1.29, 1.82) is 0 Å². The van der Waals surface area contributed by atoms with Crippen LogP contribution in [0.15, 0.2) is 24.9 Å². The molecular formula is C10H13N5. The quantitative estimate of drug-likeness (QED) is 0.810. The average molecular weight is 203 g/mol. The first-order valence-corrected chi connectivity index (χ1v) is 5.12. The van der Waals surface area contributed by atoms with Crippen molar-refractivity contribution in [2.75, 3.05) is 5.73 Å². The molecule has 5 heteroatoms. The second-order valence-corrected chi connectivity index (χ2v) is 3.94. The fourth-order valence-electron chi connectivity index (χ4n) is 1.78. The standard InChI is InChI=1S/C10H13N5/c11-10-13-3-4-14(10)6-9-5-12-7-15(9)8-1-2-8/h3-5,7-8H,1-2,6H2,(H2,11,13). The first kappa shape index (κ1) is 8.52. The Balaban J connectivity index is 1.87. The lowest BCUT2D eigenvalue weighted by atomic mass is 10.4. The first-order valence-electron chi connectivity index (χ1n) is 5.12. The van der Waals surface area contributed by atoms with Gasteiger partial charge in [0, 0.05) is 24.6 Å². The molecule has 1 saturated carbocycles. The van der Waals surface area contributed by atoms with Gasteiger partial charge in [0.2, 0.25) is 0 Å². The highest BCUT2D eigenvalue weighted by Gasteiger charge is 2.25. The van der Waals surface area contributed by atoms with Gasteiger partial charge in [-0.05, 0) is 12.8 Å². The largest absolute Gasteiger partial charge is 0.369 e. The molecule has 0 aliphatic heterocycles. The molecule has 0 spiro atoms. The molecule has 2 aromatic rings. The number of nitrogen functional groups attached to an aromatic ring is 1. The minimum absolute atomic E-state index is 0.554. The number of hydrogen-bond donors (Lipinski definition) is 1. The van der Waals surface area contributed by atoms with Crippen LogP contribution in [0.3, 0.4) is 0 Å². The van der Waals surface area contributed by atoms with E-state index in [1.165, 1.54) is 18.5 Å². The molecule has 2 heterocycles. The zero-order valence-corrected chi connectivity index (χ0v) is 8.37. The predicted octanol–water partition coefficient (Wildman–Crippen LogP) is 1.04. The third-order valence-corrected chi connectivity index (χ3v) is 2.77. The second-order valence-electron chi connectivity index (χ2n) is 3.94. The van der Waals surface area contributed by atoms with Crippen LogP contribution < -0.4 is 5.73 Å². The van der Waals surface area contributed by atoms with Crippen LogP contribution in [-0.4, -0.2) is 19.1 Å². The van der Waals surface area contributed by atoms with Crippen LogP contribution in [0.1, 0.15) is 24.6 Å². The highest BCUT2D eigenvalue weighted by molar-refractivity contribution is 5.19. The highest BCUT2D eigenvalue weighted by atomic mass is 15.2. The van der Waals surface area contributed by atoms with Gasteiger partial charge in [0.25, 0.3) is 0 Å². The van der Waals surface area contributed by atoms with E-state index in [9.17, 15) is 0 Å². The molecule has 1 aliphatic rings. The third kappa shape index (κ3) is 1.49. The Kier molecular flexibility index (Phi) is 1.77. The summed E-state index contributed by atoms with van der Waals surface area (Å²) in [5.41, 5.74) is 6.92. The molecule has 15 heavy (non-hydrogen) atoms. The molecule has 5 nitrogen and oxygen atoms in total. The Morgan fingerprint density at radius 3 is 3.00 bits per heavy atom. The van der Waals surface area contributed by atoms with E-state index in [0.717, 1.165) is 6.54 Å². The van der Waals surface area contributed by atoms with Gasteiger partial charge in [0.15, 0.2) is 5.95 Å². The summed E-state index contributed by atoms with van der Waals surface area (Å²) < 4.78 is 4.16. The summed E-state index contributed by atoms with van der Waals surface area (Å²) in [5, 5.41) is 0. The van der Waals surface area contributed by atoms with Crippen LogP contribution >= 0.6 is 0 Å². The van der Waals surface area contributed by atoms with Gasteiger partial charge in [-0.25, -0.2) is 9.97 Å². The number of hydrogen-bond acceptors (Lipinski definition) is 3. The van der Waals surface area contributed by atoms with Gasteiger partial charge in [0.05, 0.1) is 18.6 Å². The Labute approximate surface area is 87.6 Å². The lowest BCUT2D eigenvalue weighted by Crippen LogP contribution is -2.07. The van der Waals surface area contributed by atoms with Crippen LogP contribution in [0.25, 0.3) is 0 Å². The molecular weight excluding hydrogens is 190 g/mol. The van der Waals surface area contributed by atoms with Crippen molar-refractivity contribution in [2.45, 2.75) is 25.4 Å². The summed E-state index contributed by atoms with van der Waals surface area (Å²) in [5.74, 6) is 0.554. The van der Waals surface area contributed by atoms with Crippen molar-refractivity contribution < 1.29 is 0 Å². The van der Waals surface area contributed by atoms with Crippen molar-refractivity contribution in [1.82, 2.24) is 19.1 Å². The SMILES string of the molecule is Nc1nccn1Cc1cncn1C1CC1. The molecule has 0 amide bonds. The molecule has 0 radical (unpaired) electrons. The zero-order valence-electron chi connectivity index (χ0n) is 8.37. The topological polar surface area (TPSA) is 61.7 Å². The fourth-order valence-corrected chi connectivity index (χ4v) is 1.78. The Bertz CT molecular complexity index is 466. The van der Waals surface area contributed by atoms with Crippen LogP contribution in [0.2, 0.25) is 0 Å². The Morgan fingerprint density at radius 2 is 2.33 bits per heavy atom. The number of nitrogens with zero attached hydrogens (tertiary/aromatic N) is 4. The summed E-state index contributed by atoms with van der Waals surface area (Å²) in [7, 11) is 0. The number of imidazole rings is 2. The molecule has 2 N–H and O–H groups in total. The summed E-state index contributed by atoms with van der Waals surface area (Å²) in [4.78, 5) is 8.18. The third-order valence-electron chi connectivity index (χ3n) is 2.77. The smallest absolute Gasteiger partial charge is 0.200 e. The number of rotatable bonds is 3. The predicted molar refractivity (Wildman–Crippen MR) is 56.2 cm³/mol. The van der Waals surface area contributed by atoms with E-state index in [0.29, 0.717) is 12.0 Å². The van der Waals surface area contributed by atoms with Crippen molar-refractivity contribution in [2.24, 2.45) is 0 Å². The lowest BCUT2D eigenvalue weighted by molar-refractivity contribution is 0.659. The van der Waals surface area contributed by atoms with Gasteiger partial charge < -0.3 is 14.9 Å². The summed E-state index contributed by atoms with van der Waals surface area (Å²) in [6, 6.07) is 0.659. The summed E-state index contributed by atoms with van der Waals surface area (Å²) in [6.45, 7) is 0.752. The summed E-state index contributed by atoms with van der Waals surface area (Å²) in [6.07, 6.45) is 9.94. The molecule has 2 aromatic heterocycles. The Morgan fingerprint density at radius 1 is 1.47 bits per heavy atom. The molecule has 0 atom stereocenters. The van der Waals surface area contributed by atoms with Gasteiger partial charge in [-0.15, -0.1) is 0 Å². The molecule has 0 unspecified atom stereocenters. The van der Waals surface area contributed by atoms with Gasteiger partial charge >= 0.3 is 0 Å². The molecule has 3 rings (SSSR count). The van der Waals surface area contributed by atoms with E-state index in [1.54, 1.807) is 6.20 Å². The van der Waals surface area contributed by atoms with Crippen LogP contribution in [0.4, 0.5) is 5.95 Å². The van der Waals surface area contributed by atoms with Crippen molar-refractivity contribution in [3.05, 3.63) is 30.6 Å². The molecule has 0 saturated heterocycles. The van der Waals surface area contributed by atoms with Crippen molar-refractivity contribution >= 4 is 5.95 Å². The van der Waals surface area contributed by atoms with E-state index < -0.39 is 0 Å². The van der Waals surface area contributed by atoms with E-state index in [4.69, 9.17) is 5.73 Å². The maximum atomic E-state index is 5.72. The Hall–Kier alpha value is -1.78. The molecule has 0 aromatic carbocycles.